The van der Waals surface area contributed by atoms with Crippen LogP contribution in [0.25, 0.3) is 0 Å². The third-order valence-corrected chi connectivity index (χ3v) is 3.04. The first-order chi connectivity index (χ1) is 8.47. The van der Waals surface area contributed by atoms with Crippen molar-refractivity contribution in [2.45, 2.75) is 6.92 Å². The van der Waals surface area contributed by atoms with Crippen LogP contribution in [0.3, 0.4) is 0 Å². The molecule has 1 aromatic heterocycles. The van der Waals surface area contributed by atoms with Gasteiger partial charge in [-0.15, -0.1) is 0 Å². The number of aromatic nitrogens is 2. The van der Waals surface area contributed by atoms with Gasteiger partial charge in [-0.2, -0.15) is 4.37 Å². The van der Waals surface area contributed by atoms with Gasteiger partial charge in [0.1, 0.15) is 28.1 Å². The number of thiocarbonyl (C=S) groups is 1. The molecule has 0 aliphatic rings. The number of aryl methyl sites for hydroxylation is 1. The molecule has 94 valence electrons. The molecule has 1 aromatic carbocycles. The fourth-order valence-electron chi connectivity index (χ4n) is 1.29. The number of halogens is 2. The van der Waals surface area contributed by atoms with E-state index in [0.717, 1.165) is 23.7 Å². The second-order valence-corrected chi connectivity index (χ2v) is 4.64. The van der Waals surface area contributed by atoms with E-state index in [1.807, 2.05) is 0 Å². The Morgan fingerprint density at radius 1 is 1.39 bits per heavy atom. The Morgan fingerprint density at radius 2 is 2.00 bits per heavy atom. The van der Waals surface area contributed by atoms with Crippen LogP contribution in [0.1, 0.15) is 11.4 Å². The van der Waals surface area contributed by atoms with Crippen molar-refractivity contribution >= 4 is 39.6 Å². The molecule has 0 saturated carbocycles. The molecule has 1 heterocycles. The molecule has 0 saturated heterocycles. The summed E-state index contributed by atoms with van der Waals surface area (Å²) in [5, 5.41) is 2.85. The standard InChI is InChI=1S/C10H8F2N4S2/c1-4-14-10(18-16-4)15-8-6(11)2-5(9(13)17)3-7(8)12/h2-3H,1H3,(H2,13,17)(H,14,15,16). The van der Waals surface area contributed by atoms with E-state index < -0.39 is 11.6 Å². The van der Waals surface area contributed by atoms with E-state index >= 15 is 0 Å². The van der Waals surface area contributed by atoms with Crippen LogP contribution in [0.2, 0.25) is 0 Å². The van der Waals surface area contributed by atoms with Crippen LogP contribution < -0.4 is 11.1 Å². The van der Waals surface area contributed by atoms with E-state index in [1.165, 1.54) is 0 Å². The third-order valence-electron chi connectivity index (χ3n) is 2.09. The van der Waals surface area contributed by atoms with Crippen molar-refractivity contribution in [2.24, 2.45) is 5.73 Å². The minimum Gasteiger partial charge on any atom is -0.389 e. The highest BCUT2D eigenvalue weighted by atomic mass is 32.1. The van der Waals surface area contributed by atoms with Crippen LogP contribution in [-0.4, -0.2) is 14.3 Å². The van der Waals surface area contributed by atoms with E-state index in [1.54, 1.807) is 6.92 Å². The third kappa shape index (κ3) is 2.59. The lowest BCUT2D eigenvalue weighted by atomic mass is 10.2. The number of nitrogens with one attached hydrogen (secondary N) is 1. The van der Waals surface area contributed by atoms with Gasteiger partial charge in [-0.3, -0.25) is 0 Å². The Kier molecular flexibility index (Phi) is 3.48. The van der Waals surface area contributed by atoms with Gasteiger partial charge in [-0.1, -0.05) is 12.2 Å². The first-order valence-corrected chi connectivity index (χ1v) is 6.01. The molecule has 8 heteroatoms. The van der Waals surface area contributed by atoms with Gasteiger partial charge < -0.3 is 11.1 Å². The minimum atomic E-state index is -0.786. The molecule has 4 nitrogen and oxygen atoms in total. The van der Waals surface area contributed by atoms with Crippen LogP contribution in [0.15, 0.2) is 12.1 Å². The fraction of sp³-hybridized carbons (Fsp3) is 0.100. The van der Waals surface area contributed by atoms with Gasteiger partial charge in [0.05, 0.1) is 0 Å². The molecule has 0 atom stereocenters. The van der Waals surface area contributed by atoms with Crippen LogP contribution in [-0.2, 0) is 0 Å². The number of nitrogens with two attached hydrogens (primary N) is 1. The van der Waals surface area contributed by atoms with E-state index in [9.17, 15) is 8.78 Å². The summed E-state index contributed by atoms with van der Waals surface area (Å²) in [6.07, 6.45) is 0. The van der Waals surface area contributed by atoms with Crippen molar-refractivity contribution in [3.8, 4) is 0 Å². The van der Waals surface area contributed by atoms with Crippen molar-refractivity contribution in [3.05, 3.63) is 35.2 Å². The van der Waals surface area contributed by atoms with E-state index in [0.29, 0.717) is 11.0 Å². The van der Waals surface area contributed by atoms with Gasteiger partial charge in [-0.05, 0) is 19.1 Å². The summed E-state index contributed by atoms with van der Waals surface area (Å²) in [6, 6.07) is 2.14. The molecule has 0 aliphatic heterocycles. The summed E-state index contributed by atoms with van der Waals surface area (Å²) >= 11 is 5.68. The fourth-order valence-corrected chi connectivity index (χ4v) is 1.99. The molecular weight excluding hydrogens is 278 g/mol. The summed E-state index contributed by atoms with van der Waals surface area (Å²) in [5.41, 5.74) is 5.15. The number of hydrogen-bond donors (Lipinski definition) is 2. The van der Waals surface area contributed by atoms with Gasteiger partial charge in [0.15, 0.2) is 0 Å². The van der Waals surface area contributed by atoms with E-state index in [2.05, 4.69) is 26.9 Å². The monoisotopic (exact) mass is 286 g/mol. The molecule has 0 aliphatic carbocycles. The molecule has 18 heavy (non-hydrogen) atoms. The maximum Gasteiger partial charge on any atom is 0.207 e. The molecule has 2 aromatic rings. The predicted octanol–water partition coefficient (Wildman–Crippen LogP) is 2.50. The summed E-state index contributed by atoms with van der Waals surface area (Å²) in [5.74, 6) is -1.04. The van der Waals surface area contributed by atoms with Crippen molar-refractivity contribution in [2.75, 3.05) is 5.32 Å². The normalized spacial score (nSPS) is 10.4. The smallest absolute Gasteiger partial charge is 0.207 e. The average molecular weight is 286 g/mol. The number of nitrogens with zero attached hydrogens (tertiary/aromatic N) is 2. The second kappa shape index (κ2) is 4.91. The highest BCUT2D eigenvalue weighted by molar-refractivity contribution is 7.80. The number of rotatable bonds is 3. The Labute approximate surface area is 111 Å². The first kappa shape index (κ1) is 12.8. The van der Waals surface area contributed by atoms with Crippen molar-refractivity contribution < 1.29 is 8.78 Å². The molecule has 0 amide bonds. The quantitative estimate of drug-likeness (QED) is 0.849. The zero-order valence-corrected chi connectivity index (χ0v) is 10.8. The van der Waals surface area contributed by atoms with Gasteiger partial charge in [0.2, 0.25) is 5.13 Å². The Morgan fingerprint density at radius 3 is 2.44 bits per heavy atom. The second-order valence-electron chi connectivity index (χ2n) is 3.45. The Bertz CT molecular complexity index is 589. The van der Waals surface area contributed by atoms with Gasteiger partial charge in [0.25, 0.3) is 0 Å². The predicted molar refractivity (Wildman–Crippen MR) is 70.2 cm³/mol. The molecule has 0 spiro atoms. The molecule has 0 unspecified atom stereocenters. The number of anilines is 2. The van der Waals surface area contributed by atoms with E-state index in [-0.39, 0.29) is 16.2 Å². The zero-order valence-electron chi connectivity index (χ0n) is 9.20. The largest absolute Gasteiger partial charge is 0.389 e. The van der Waals surface area contributed by atoms with Crippen LogP contribution in [0.4, 0.5) is 19.6 Å². The van der Waals surface area contributed by atoms with Crippen molar-refractivity contribution in [1.82, 2.24) is 9.36 Å². The lowest BCUT2D eigenvalue weighted by Crippen LogP contribution is -2.11. The summed E-state index contributed by atoms with van der Waals surface area (Å²) in [7, 11) is 0. The number of hydrogen-bond acceptors (Lipinski definition) is 5. The van der Waals surface area contributed by atoms with Gasteiger partial charge in [-0.25, -0.2) is 13.8 Å². The van der Waals surface area contributed by atoms with Crippen molar-refractivity contribution in [3.63, 3.8) is 0 Å². The zero-order chi connectivity index (χ0) is 13.3. The topological polar surface area (TPSA) is 63.8 Å². The lowest BCUT2D eigenvalue weighted by molar-refractivity contribution is 0.590. The highest BCUT2D eigenvalue weighted by Crippen LogP contribution is 2.25. The molecule has 0 bridgehead atoms. The molecule has 0 fully saturated rings. The molecule has 2 rings (SSSR count). The molecular formula is C10H8F2N4S2. The maximum absolute atomic E-state index is 13.7. The SMILES string of the molecule is Cc1nsc(Nc2c(F)cc(C(N)=S)cc2F)n1. The first-order valence-electron chi connectivity index (χ1n) is 4.83. The lowest BCUT2D eigenvalue weighted by Gasteiger charge is -2.07. The average Bonchev–Trinajstić information content (AvgIpc) is 2.69. The Hall–Kier alpha value is -1.67. The van der Waals surface area contributed by atoms with Crippen LogP contribution in [0, 0.1) is 18.6 Å². The van der Waals surface area contributed by atoms with Crippen LogP contribution in [0.5, 0.6) is 0 Å². The summed E-state index contributed by atoms with van der Waals surface area (Å²) in [4.78, 5) is 3.89. The van der Waals surface area contributed by atoms with E-state index in [4.69, 9.17) is 5.73 Å². The maximum atomic E-state index is 13.7. The molecule has 0 radical (unpaired) electrons. The van der Waals surface area contributed by atoms with Crippen LogP contribution >= 0.6 is 23.8 Å². The van der Waals surface area contributed by atoms with Crippen molar-refractivity contribution in [1.29, 1.82) is 0 Å². The van der Waals surface area contributed by atoms with Gasteiger partial charge >= 0.3 is 0 Å². The highest BCUT2D eigenvalue weighted by Gasteiger charge is 2.14. The number of benzene rings is 1. The van der Waals surface area contributed by atoms with Gasteiger partial charge in [0, 0.05) is 17.1 Å². The molecule has 3 N–H and O–H groups in total. The summed E-state index contributed by atoms with van der Waals surface area (Å²) in [6.45, 7) is 1.68. The minimum absolute atomic E-state index is 0.0638. The Balaban J connectivity index is 2.37. The summed E-state index contributed by atoms with van der Waals surface area (Å²) < 4.78 is 31.3.